The van der Waals surface area contributed by atoms with Crippen molar-refractivity contribution < 1.29 is 17.6 Å². The summed E-state index contributed by atoms with van der Waals surface area (Å²) in [6.45, 7) is 7.10. The lowest BCUT2D eigenvalue weighted by atomic mass is 9.96. The van der Waals surface area contributed by atoms with E-state index in [1.807, 2.05) is 33.8 Å². The van der Waals surface area contributed by atoms with E-state index in [-0.39, 0.29) is 23.0 Å². The van der Waals surface area contributed by atoms with Crippen LogP contribution in [-0.4, -0.2) is 25.2 Å². The number of carbonyl (C=O) groups is 1. The van der Waals surface area contributed by atoms with Gasteiger partial charge in [-0.05, 0) is 80.3 Å². The summed E-state index contributed by atoms with van der Waals surface area (Å²) < 4.78 is 42.0. The molecule has 0 unspecified atom stereocenters. The smallest absolute Gasteiger partial charge is 0.243 e. The maximum Gasteiger partial charge on any atom is 0.243 e. The zero-order valence-electron chi connectivity index (χ0n) is 19.6. The fourth-order valence-electron chi connectivity index (χ4n) is 3.77. The SMILES string of the molecule is Cc1cc(C)c([C@H](C)NC(=O)CN(Cc2ccccc2F)S(=O)(=O)c2ccc(Cl)cc2)cc1C. The molecule has 8 heteroatoms. The standard InChI is InChI=1S/C26H28ClFN2O3S/c1-17-13-19(3)24(14-18(17)2)20(4)29-26(31)16-30(15-21-7-5-6-8-25(21)28)34(32,33)23-11-9-22(27)10-12-23/h5-14,20H,15-16H2,1-4H3,(H,29,31)/t20-/m0/s1. The first-order valence-corrected chi connectivity index (χ1v) is 12.7. The zero-order valence-corrected chi connectivity index (χ0v) is 21.2. The highest BCUT2D eigenvalue weighted by atomic mass is 35.5. The Morgan fingerprint density at radius 3 is 2.26 bits per heavy atom. The van der Waals surface area contributed by atoms with Crippen molar-refractivity contribution in [2.75, 3.05) is 6.54 Å². The van der Waals surface area contributed by atoms with Gasteiger partial charge in [-0.1, -0.05) is 41.9 Å². The van der Waals surface area contributed by atoms with Gasteiger partial charge in [0.25, 0.3) is 0 Å². The lowest BCUT2D eigenvalue weighted by Gasteiger charge is -2.24. The minimum atomic E-state index is -4.10. The Balaban J connectivity index is 1.87. The number of nitrogens with zero attached hydrogens (tertiary/aromatic N) is 1. The molecule has 3 aromatic rings. The molecule has 34 heavy (non-hydrogen) atoms. The van der Waals surface area contributed by atoms with E-state index in [0.717, 1.165) is 26.6 Å². The highest BCUT2D eigenvalue weighted by Gasteiger charge is 2.28. The Bertz CT molecular complexity index is 1290. The van der Waals surface area contributed by atoms with Gasteiger partial charge in [0, 0.05) is 17.1 Å². The van der Waals surface area contributed by atoms with Gasteiger partial charge in [0.05, 0.1) is 17.5 Å². The molecule has 0 aromatic heterocycles. The Morgan fingerprint density at radius 2 is 1.62 bits per heavy atom. The summed E-state index contributed by atoms with van der Waals surface area (Å²) >= 11 is 5.90. The first-order valence-electron chi connectivity index (χ1n) is 10.8. The van der Waals surface area contributed by atoms with E-state index < -0.39 is 28.3 Å². The molecule has 180 valence electrons. The summed E-state index contributed by atoms with van der Waals surface area (Å²) in [5, 5.41) is 3.27. The number of hydrogen-bond donors (Lipinski definition) is 1. The number of hydrogen-bond acceptors (Lipinski definition) is 3. The van der Waals surface area contributed by atoms with Gasteiger partial charge in [0.2, 0.25) is 15.9 Å². The molecule has 0 saturated carbocycles. The van der Waals surface area contributed by atoms with Crippen LogP contribution in [0.4, 0.5) is 4.39 Å². The minimum absolute atomic E-state index is 0.0286. The normalized spacial score (nSPS) is 12.6. The van der Waals surface area contributed by atoms with E-state index in [4.69, 9.17) is 11.6 Å². The second-order valence-corrected chi connectivity index (χ2v) is 10.8. The Morgan fingerprint density at radius 1 is 1.00 bits per heavy atom. The lowest BCUT2D eigenvalue weighted by Crippen LogP contribution is -2.41. The highest BCUT2D eigenvalue weighted by Crippen LogP contribution is 2.23. The van der Waals surface area contributed by atoms with Gasteiger partial charge >= 0.3 is 0 Å². The second kappa shape index (κ2) is 10.7. The van der Waals surface area contributed by atoms with E-state index in [1.165, 1.54) is 42.5 Å². The number of nitrogens with one attached hydrogen (secondary N) is 1. The van der Waals surface area contributed by atoms with Crippen LogP contribution >= 0.6 is 11.6 Å². The van der Waals surface area contributed by atoms with Crippen LogP contribution in [0.1, 0.15) is 40.8 Å². The average Bonchev–Trinajstić information content (AvgIpc) is 2.77. The monoisotopic (exact) mass is 502 g/mol. The molecule has 1 N–H and O–H groups in total. The van der Waals surface area contributed by atoms with Gasteiger partial charge in [0.1, 0.15) is 5.82 Å². The van der Waals surface area contributed by atoms with E-state index >= 15 is 0 Å². The molecule has 0 radical (unpaired) electrons. The summed E-state index contributed by atoms with van der Waals surface area (Å²) in [7, 11) is -4.10. The van der Waals surface area contributed by atoms with Crippen LogP contribution < -0.4 is 5.32 Å². The van der Waals surface area contributed by atoms with Crippen molar-refractivity contribution in [1.82, 2.24) is 9.62 Å². The van der Waals surface area contributed by atoms with E-state index in [0.29, 0.717) is 5.02 Å². The first-order chi connectivity index (χ1) is 16.0. The number of aryl methyl sites for hydroxylation is 3. The topological polar surface area (TPSA) is 66.5 Å². The zero-order chi connectivity index (χ0) is 25.0. The molecule has 0 aliphatic rings. The van der Waals surface area contributed by atoms with Crippen LogP contribution in [0.15, 0.2) is 65.6 Å². The van der Waals surface area contributed by atoms with Crippen molar-refractivity contribution in [2.45, 2.75) is 45.2 Å². The molecule has 5 nitrogen and oxygen atoms in total. The van der Waals surface area contributed by atoms with Crippen molar-refractivity contribution in [2.24, 2.45) is 0 Å². The molecule has 0 spiro atoms. The molecule has 3 aromatic carbocycles. The summed E-state index contributed by atoms with van der Waals surface area (Å²) in [5.74, 6) is -1.03. The van der Waals surface area contributed by atoms with Crippen LogP contribution in [0, 0.1) is 26.6 Å². The predicted molar refractivity (Wildman–Crippen MR) is 133 cm³/mol. The van der Waals surface area contributed by atoms with E-state index in [2.05, 4.69) is 11.4 Å². The predicted octanol–water partition coefficient (Wildman–Crippen LogP) is 5.47. The molecular weight excluding hydrogens is 475 g/mol. The quantitative estimate of drug-likeness (QED) is 0.444. The van der Waals surface area contributed by atoms with Gasteiger partial charge in [-0.25, -0.2) is 12.8 Å². The molecule has 3 rings (SSSR count). The maximum atomic E-state index is 14.3. The number of sulfonamides is 1. The van der Waals surface area contributed by atoms with Crippen molar-refractivity contribution >= 4 is 27.5 Å². The van der Waals surface area contributed by atoms with Crippen LogP contribution in [0.25, 0.3) is 0 Å². The largest absolute Gasteiger partial charge is 0.348 e. The summed E-state index contributed by atoms with van der Waals surface area (Å²) in [6, 6.07) is 15.3. The van der Waals surface area contributed by atoms with Gasteiger partial charge < -0.3 is 5.32 Å². The van der Waals surface area contributed by atoms with Crippen molar-refractivity contribution in [3.8, 4) is 0 Å². The molecule has 0 fully saturated rings. The van der Waals surface area contributed by atoms with Crippen LogP contribution in [0.5, 0.6) is 0 Å². The molecule has 0 aliphatic heterocycles. The number of amides is 1. The highest BCUT2D eigenvalue weighted by molar-refractivity contribution is 7.89. The van der Waals surface area contributed by atoms with Crippen molar-refractivity contribution in [3.63, 3.8) is 0 Å². The fraction of sp³-hybridized carbons (Fsp3) is 0.269. The van der Waals surface area contributed by atoms with Gasteiger partial charge in [-0.15, -0.1) is 0 Å². The Labute approximate surface area is 205 Å². The van der Waals surface area contributed by atoms with Crippen LogP contribution in [0.2, 0.25) is 5.02 Å². The molecule has 1 atom stereocenters. The summed E-state index contributed by atoms with van der Waals surface area (Å²) in [5.41, 5.74) is 4.43. The van der Waals surface area contributed by atoms with Crippen LogP contribution in [0.3, 0.4) is 0 Å². The molecular formula is C26H28ClFN2O3S. The first kappa shape index (κ1) is 25.9. The molecule has 0 bridgehead atoms. The number of halogens is 2. The minimum Gasteiger partial charge on any atom is -0.348 e. The molecule has 0 saturated heterocycles. The van der Waals surface area contributed by atoms with E-state index in [9.17, 15) is 17.6 Å². The van der Waals surface area contributed by atoms with Crippen molar-refractivity contribution in [3.05, 3.63) is 99.3 Å². The second-order valence-electron chi connectivity index (χ2n) is 8.40. The van der Waals surface area contributed by atoms with Crippen LogP contribution in [-0.2, 0) is 21.4 Å². The van der Waals surface area contributed by atoms with Gasteiger partial charge in [0.15, 0.2) is 0 Å². The van der Waals surface area contributed by atoms with E-state index in [1.54, 1.807) is 6.07 Å². The number of rotatable bonds is 8. The average molecular weight is 503 g/mol. The third-order valence-electron chi connectivity index (χ3n) is 5.80. The molecule has 0 heterocycles. The fourth-order valence-corrected chi connectivity index (χ4v) is 5.27. The van der Waals surface area contributed by atoms with Gasteiger partial charge in [-0.3, -0.25) is 4.79 Å². The molecule has 1 amide bonds. The van der Waals surface area contributed by atoms with Crippen molar-refractivity contribution in [1.29, 1.82) is 0 Å². The summed E-state index contributed by atoms with van der Waals surface area (Å²) in [4.78, 5) is 12.9. The number of carbonyl (C=O) groups excluding carboxylic acids is 1. The maximum absolute atomic E-state index is 14.3. The Hall–Kier alpha value is -2.74. The van der Waals surface area contributed by atoms with Gasteiger partial charge in [-0.2, -0.15) is 4.31 Å². The third kappa shape index (κ3) is 6.03. The Kier molecular flexibility index (Phi) is 8.13. The lowest BCUT2D eigenvalue weighted by molar-refractivity contribution is -0.122. The number of benzene rings is 3. The summed E-state index contributed by atoms with van der Waals surface area (Å²) in [6.07, 6.45) is 0. The molecule has 0 aliphatic carbocycles. The third-order valence-corrected chi connectivity index (χ3v) is 7.86.